The summed E-state index contributed by atoms with van der Waals surface area (Å²) in [4.78, 5) is 0.623. The number of rotatable bonds is 1. The van der Waals surface area contributed by atoms with E-state index >= 15 is 0 Å². The maximum Gasteiger partial charge on any atom is 0.0570 e. The van der Waals surface area contributed by atoms with Crippen LogP contribution in [0.1, 0.15) is 6.42 Å². The van der Waals surface area contributed by atoms with Crippen molar-refractivity contribution in [2.45, 2.75) is 15.6 Å². The fraction of sp³-hybridized carbons (Fsp3) is 0.600. The Balaban J connectivity index is 2.51. The molecular formula is C5H6Br2. The van der Waals surface area contributed by atoms with Gasteiger partial charge in [0.25, 0.3) is 0 Å². The van der Waals surface area contributed by atoms with Crippen molar-refractivity contribution in [2.24, 2.45) is 0 Å². The quantitative estimate of drug-likeness (QED) is 0.475. The summed E-state index contributed by atoms with van der Waals surface area (Å²) in [6.07, 6.45) is 3.11. The Kier molecular flexibility index (Phi) is 1.32. The van der Waals surface area contributed by atoms with Gasteiger partial charge in [-0.15, -0.1) is 6.58 Å². The van der Waals surface area contributed by atoms with Gasteiger partial charge in [0.15, 0.2) is 0 Å². The molecule has 0 bridgehead atoms. The summed E-state index contributed by atoms with van der Waals surface area (Å²) in [5.41, 5.74) is 0. The Morgan fingerprint density at radius 2 is 2.29 bits per heavy atom. The van der Waals surface area contributed by atoms with Crippen molar-refractivity contribution < 1.29 is 0 Å². The first kappa shape index (κ1) is 5.83. The Morgan fingerprint density at radius 3 is 2.29 bits per heavy atom. The van der Waals surface area contributed by atoms with Crippen molar-refractivity contribution in [3.8, 4) is 0 Å². The molecule has 0 N–H and O–H groups in total. The predicted molar refractivity (Wildman–Crippen MR) is 39.2 cm³/mol. The van der Waals surface area contributed by atoms with Crippen LogP contribution in [-0.4, -0.2) is 9.15 Å². The summed E-state index contributed by atoms with van der Waals surface area (Å²) in [5, 5.41) is 0. The van der Waals surface area contributed by atoms with Gasteiger partial charge < -0.3 is 0 Å². The van der Waals surface area contributed by atoms with E-state index in [-0.39, 0.29) is 4.32 Å². The van der Waals surface area contributed by atoms with Crippen molar-refractivity contribution in [1.82, 2.24) is 0 Å². The third-order valence-electron chi connectivity index (χ3n) is 1.19. The van der Waals surface area contributed by atoms with Gasteiger partial charge in [0.05, 0.1) is 4.32 Å². The van der Waals surface area contributed by atoms with Gasteiger partial charge in [0, 0.05) is 4.83 Å². The van der Waals surface area contributed by atoms with Gasteiger partial charge in [-0.25, -0.2) is 0 Å². The van der Waals surface area contributed by atoms with E-state index < -0.39 is 0 Å². The van der Waals surface area contributed by atoms with Crippen LogP contribution >= 0.6 is 31.9 Å². The molecule has 0 heterocycles. The van der Waals surface area contributed by atoms with E-state index in [9.17, 15) is 0 Å². The van der Waals surface area contributed by atoms with Crippen LogP contribution < -0.4 is 0 Å². The molecule has 0 amide bonds. The molecule has 2 heteroatoms. The predicted octanol–water partition coefficient (Wildman–Crippen LogP) is 2.47. The molecule has 0 aliphatic heterocycles. The molecule has 0 aromatic carbocycles. The van der Waals surface area contributed by atoms with Crippen molar-refractivity contribution in [3.05, 3.63) is 12.7 Å². The van der Waals surface area contributed by atoms with Crippen LogP contribution in [-0.2, 0) is 0 Å². The summed E-state index contributed by atoms with van der Waals surface area (Å²) in [7, 11) is 0. The highest BCUT2D eigenvalue weighted by atomic mass is 79.9. The molecule has 1 aliphatic rings. The molecule has 0 aromatic heterocycles. The van der Waals surface area contributed by atoms with Gasteiger partial charge in [-0.3, -0.25) is 0 Å². The molecule has 0 nitrogen and oxygen atoms in total. The number of alkyl halides is 2. The van der Waals surface area contributed by atoms with Gasteiger partial charge >= 0.3 is 0 Å². The second-order valence-electron chi connectivity index (χ2n) is 1.80. The molecule has 1 aliphatic carbocycles. The summed E-state index contributed by atoms with van der Waals surface area (Å²) in [5.74, 6) is 0. The second kappa shape index (κ2) is 1.59. The lowest BCUT2D eigenvalue weighted by atomic mass is 10.4. The molecule has 1 fully saturated rings. The minimum atomic E-state index is 0.243. The first-order valence-corrected chi connectivity index (χ1v) is 3.86. The summed E-state index contributed by atoms with van der Waals surface area (Å²) >= 11 is 6.94. The number of halogens is 2. The fourth-order valence-corrected chi connectivity index (χ4v) is 1.91. The highest BCUT2D eigenvalue weighted by Gasteiger charge is 2.47. The standard InChI is InChI=1S/C5H6Br2/c1-2-5(7)3-4(5)6/h2,4H,1,3H2. The van der Waals surface area contributed by atoms with Gasteiger partial charge in [0.2, 0.25) is 0 Å². The normalized spacial score (nSPS) is 48.6. The fourth-order valence-electron chi connectivity index (χ4n) is 0.427. The van der Waals surface area contributed by atoms with E-state index in [1.807, 2.05) is 6.08 Å². The summed E-state index contributed by atoms with van der Waals surface area (Å²) in [6, 6.07) is 0. The minimum absolute atomic E-state index is 0.243. The maximum atomic E-state index is 3.67. The van der Waals surface area contributed by atoms with Gasteiger partial charge in [-0.2, -0.15) is 0 Å². The van der Waals surface area contributed by atoms with E-state index in [2.05, 4.69) is 38.4 Å². The molecular weight excluding hydrogens is 220 g/mol. The van der Waals surface area contributed by atoms with Crippen molar-refractivity contribution in [2.75, 3.05) is 0 Å². The summed E-state index contributed by atoms with van der Waals surface area (Å²) < 4.78 is 0.243. The van der Waals surface area contributed by atoms with E-state index in [0.29, 0.717) is 4.83 Å². The van der Waals surface area contributed by atoms with Crippen LogP contribution in [0.4, 0.5) is 0 Å². The molecule has 7 heavy (non-hydrogen) atoms. The van der Waals surface area contributed by atoms with Crippen molar-refractivity contribution >= 4 is 31.9 Å². The zero-order chi connectivity index (χ0) is 5.49. The van der Waals surface area contributed by atoms with Gasteiger partial charge in [0.1, 0.15) is 0 Å². The lowest BCUT2D eigenvalue weighted by Gasteiger charge is -1.91. The smallest absolute Gasteiger partial charge is 0.0570 e. The zero-order valence-corrected chi connectivity index (χ0v) is 7.00. The number of hydrogen-bond acceptors (Lipinski definition) is 0. The molecule has 2 unspecified atom stereocenters. The lowest BCUT2D eigenvalue weighted by Crippen LogP contribution is -1.91. The molecule has 0 radical (unpaired) electrons. The Bertz CT molecular complexity index is 100. The minimum Gasteiger partial charge on any atom is -0.102 e. The topological polar surface area (TPSA) is 0 Å². The largest absolute Gasteiger partial charge is 0.102 e. The van der Waals surface area contributed by atoms with Crippen LogP contribution in [0, 0.1) is 0 Å². The summed E-state index contributed by atoms with van der Waals surface area (Å²) in [6.45, 7) is 3.67. The Hall–Kier alpha value is 0.700. The molecule has 0 spiro atoms. The number of hydrogen-bond donors (Lipinski definition) is 0. The molecule has 0 saturated heterocycles. The highest BCUT2D eigenvalue weighted by Crippen LogP contribution is 2.50. The highest BCUT2D eigenvalue weighted by molar-refractivity contribution is 9.13. The zero-order valence-electron chi connectivity index (χ0n) is 3.82. The Labute approximate surface area is 60.2 Å². The molecule has 40 valence electrons. The molecule has 0 aromatic rings. The second-order valence-corrected chi connectivity index (χ2v) is 4.38. The lowest BCUT2D eigenvalue weighted by molar-refractivity contribution is 1.24. The molecule has 1 saturated carbocycles. The van der Waals surface area contributed by atoms with Gasteiger partial charge in [-0.05, 0) is 6.42 Å². The third kappa shape index (κ3) is 0.918. The maximum absolute atomic E-state index is 3.67. The van der Waals surface area contributed by atoms with E-state index in [1.54, 1.807) is 0 Å². The van der Waals surface area contributed by atoms with Crippen molar-refractivity contribution in [3.63, 3.8) is 0 Å². The third-order valence-corrected chi connectivity index (χ3v) is 4.15. The molecule has 2 atom stereocenters. The van der Waals surface area contributed by atoms with Crippen LogP contribution in [0.5, 0.6) is 0 Å². The van der Waals surface area contributed by atoms with Gasteiger partial charge in [-0.1, -0.05) is 37.9 Å². The van der Waals surface area contributed by atoms with Crippen molar-refractivity contribution in [1.29, 1.82) is 0 Å². The monoisotopic (exact) mass is 224 g/mol. The van der Waals surface area contributed by atoms with Crippen LogP contribution in [0.25, 0.3) is 0 Å². The first-order chi connectivity index (χ1) is 3.19. The first-order valence-electron chi connectivity index (χ1n) is 2.15. The van der Waals surface area contributed by atoms with Crippen LogP contribution in [0.2, 0.25) is 0 Å². The van der Waals surface area contributed by atoms with Crippen LogP contribution in [0.15, 0.2) is 12.7 Å². The van der Waals surface area contributed by atoms with E-state index in [4.69, 9.17) is 0 Å². The van der Waals surface area contributed by atoms with Crippen LogP contribution in [0.3, 0.4) is 0 Å². The molecule has 1 rings (SSSR count). The van der Waals surface area contributed by atoms with E-state index in [1.165, 1.54) is 6.42 Å². The average molecular weight is 226 g/mol. The SMILES string of the molecule is C=CC1(Br)CC1Br. The average Bonchev–Trinajstić information content (AvgIpc) is 2.18. The van der Waals surface area contributed by atoms with E-state index in [0.717, 1.165) is 0 Å². The Morgan fingerprint density at radius 1 is 1.86 bits per heavy atom. The number of allylic oxidation sites excluding steroid dienone is 1.